The third-order valence-electron chi connectivity index (χ3n) is 4.33. The van der Waals surface area contributed by atoms with Crippen LogP contribution < -0.4 is 10.2 Å². The Balaban J connectivity index is 1.81. The summed E-state index contributed by atoms with van der Waals surface area (Å²) < 4.78 is 38.6. The van der Waals surface area contributed by atoms with Crippen LogP contribution in [0, 0.1) is 0 Å². The number of benzene rings is 2. The first-order valence-electron chi connectivity index (χ1n) is 8.82. The van der Waals surface area contributed by atoms with Crippen LogP contribution in [0.1, 0.15) is 15.9 Å². The van der Waals surface area contributed by atoms with Crippen molar-refractivity contribution in [3.63, 3.8) is 0 Å². The first kappa shape index (κ1) is 21.7. The lowest BCUT2D eigenvalue weighted by Gasteiger charge is -2.29. The van der Waals surface area contributed by atoms with Crippen molar-refractivity contribution in [2.45, 2.75) is 11.1 Å². The summed E-state index contributed by atoms with van der Waals surface area (Å²) in [5, 5.41) is 2.39. The zero-order valence-corrected chi connectivity index (χ0v) is 16.9. The number of alkyl halides is 3. The average molecular weight is 437 g/mol. The number of hydrogen-bond acceptors (Lipinski definition) is 4. The average Bonchev–Trinajstić information content (AvgIpc) is 2.68. The first-order chi connectivity index (χ1) is 14.1. The third kappa shape index (κ3) is 4.76. The minimum absolute atomic E-state index is 0.0228. The fourth-order valence-corrected chi connectivity index (χ4v) is 3.80. The smallest absolute Gasteiger partial charge is 0.345 e. The van der Waals surface area contributed by atoms with E-state index < -0.39 is 17.6 Å². The predicted molar refractivity (Wildman–Crippen MR) is 108 cm³/mol. The molecule has 0 aromatic heterocycles. The summed E-state index contributed by atoms with van der Waals surface area (Å²) in [6.07, 6.45) is -4.53. The van der Waals surface area contributed by atoms with Crippen molar-refractivity contribution in [1.29, 1.82) is 0 Å². The number of amides is 3. The van der Waals surface area contributed by atoms with Gasteiger partial charge in [0.1, 0.15) is 6.54 Å². The second-order valence-electron chi connectivity index (χ2n) is 6.78. The minimum Gasteiger partial charge on any atom is -0.345 e. The molecule has 6 nitrogen and oxygen atoms in total. The second kappa shape index (κ2) is 8.39. The molecular formula is C20H18F3N3O3S. The Bertz CT molecular complexity index is 1010. The molecule has 1 aliphatic heterocycles. The summed E-state index contributed by atoms with van der Waals surface area (Å²) in [6, 6.07) is 9.15. The number of thioether (sulfide) groups is 1. The lowest BCUT2D eigenvalue weighted by Crippen LogP contribution is -2.41. The molecule has 0 saturated heterocycles. The molecule has 0 atom stereocenters. The number of carbonyl (C=O) groups excluding carboxylic acids is 3. The quantitative estimate of drug-likeness (QED) is 0.795. The molecule has 0 radical (unpaired) electrons. The summed E-state index contributed by atoms with van der Waals surface area (Å²) in [4.78, 5) is 40.5. The summed E-state index contributed by atoms with van der Waals surface area (Å²) in [5.74, 6) is -1.12. The van der Waals surface area contributed by atoms with E-state index in [1.165, 1.54) is 33.7 Å². The molecule has 0 fully saturated rings. The van der Waals surface area contributed by atoms with Crippen LogP contribution in [0.3, 0.4) is 0 Å². The Morgan fingerprint density at radius 2 is 1.90 bits per heavy atom. The molecular weight excluding hydrogens is 419 g/mol. The van der Waals surface area contributed by atoms with E-state index in [0.717, 1.165) is 17.0 Å². The lowest BCUT2D eigenvalue weighted by atomic mass is 10.1. The topological polar surface area (TPSA) is 69.7 Å². The molecule has 2 aromatic rings. The van der Waals surface area contributed by atoms with Crippen LogP contribution >= 0.6 is 11.8 Å². The highest BCUT2D eigenvalue weighted by Crippen LogP contribution is 2.36. The van der Waals surface area contributed by atoms with Gasteiger partial charge in [-0.3, -0.25) is 14.4 Å². The number of hydrogen-bond donors (Lipinski definition) is 1. The Labute approximate surface area is 175 Å². The zero-order valence-electron chi connectivity index (χ0n) is 16.1. The van der Waals surface area contributed by atoms with Crippen molar-refractivity contribution in [2.24, 2.45) is 0 Å². The maximum Gasteiger partial charge on any atom is 0.416 e. The van der Waals surface area contributed by atoms with E-state index in [1.807, 2.05) is 0 Å². The van der Waals surface area contributed by atoms with Crippen molar-refractivity contribution in [3.05, 3.63) is 53.6 Å². The normalized spacial score (nSPS) is 13.6. The molecule has 1 aliphatic rings. The fraction of sp³-hybridized carbons (Fsp3) is 0.250. The van der Waals surface area contributed by atoms with E-state index >= 15 is 0 Å². The van der Waals surface area contributed by atoms with Gasteiger partial charge in [0.2, 0.25) is 11.8 Å². The standard InChI is InChI=1S/C20H18F3N3O3S/c1-25(2)19(29)12-6-7-16-15(8-12)26(18(28)11-30-16)10-17(27)24-14-5-3-4-13(9-14)20(21,22)23/h3-9H,10-11H2,1-2H3,(H,24,27). The Kier molecular flexibility index (Phi) is 6.06. The molecule has 0 bridgehead atoms. The number of carbonyl (C=O) groups is 3. The van der Waals surface area contributed by atoms with E-state index in [0.29, 0.717) is 11.3 Å². The van der Waals surface area contributed by atoms with Gasteiger partial charge in [0.05, 0.1) is 17.0 Å². The second-order valence-corrected chi connectivity index (χ2v) is 7.79. The maximum atomic E-state index is 12.9. The van der Waals surface area contributed by atoms with Gasteiger partial charge in [0.15, 0.2) is 0 Å². The number of anilines is 2. The van der Waals surface area contributed by atoms with Gasteiger partial charge in [-0.25, -0.2) is 0 Å². The van der Waals surface area contributed by atoms with Gasteiger partial charge in [-0.15, -0.1) is 11.8 Å². The SMILES string of the molecule is CN(C)C(=O)c1ccc2c(c1)N(CC(=O)Nc1cccc(C(F)(F)F)c1)C(=O)CS2. The van der Waals surface area contributed by atoms with Gasteiger partial charge < -0.3 is 15.1 Å². The van der Waals surface area contributed by atoms with Crippen LogP contribution in [0.25, 0.3) is 0 Å². The molecule has 1 N–H and O–H groups in total. The Morgan fingerprint density at radius 3 is 2.57 bits per heavy atom. The maximum absolute atomic E-state index is 12.9. The highest BCUT2D eigenvalue weighted by Gasteiger charge is 2.31. The molecule has 2 aromatic carbocycles. The molecule has 0 unspecified atom stereocenters. The fourth-order valence-electron chi connectivity index (χ4n) is 2.88. The highest BCUT2D eigenvalue weighted by molar-refractivity contribution is 8.00. The van der Waals surface area contributed by atoms with E-state index in [9.17, 15) is 27.6 Å². The van der Waals surface area contributed by atoms with Crippen LogP contribution in [0.5, 0.6) is 0 Å². The first-order valence-corrected chi connectivity index (χ1v) is 9.81. The Morgan fingerprint density at radius 1 is 1.17 bits per heavy atom. The summed E-state index contributed by atoms with van der Waals surface area (Å²) in [5.41, 5.74) is -0.131. The lowest BCUT2D eigenvalue weighted by molar-refractivity contribution is -0.137. The van der Waals surface area contributed by atoms with Gasteiger partial charge >= 0.3 is 6.18 Å². The van der Waals surface area contributed by atoms with Gasteiger partial charge in [-0.05, 0) is 36.4 Å². The predicted octanol–water partition coefficient (Wildman–Crippen LogP) is 3.48. The Hall–Kier alpha value is -3.01. The van der Waals surface area contributed by atoms with Crippen molar-refractivity contribution in [3.8, 4) is 0 Å². The molecule has 1 heterocycles. The molecule has 0 saturated carbocycles. The minimum atomic E-state index is -4.53. The molecule has 0 spiro atoms. The molecule has 3 amide bonds. The number of nitrogens with zero attached hydrogens (tertiary/aromatic N) is 2. The molecule has 158 valence electrons. The van der Waals surface area contributed by atoms with Crippen molar-refractivity contribution >= 4 is 40.9 Å². The van der Waals surface area contributed by atoms with E-state index in [2.05, 4.69) is 5.32 Å². The highest BCUT2D eigenvalue weighted by atomic mass is 32.2. The van der Waals surface area contributed by atoms with Crippen LogP contribution in [0.2, 0.25) is 0 Å². The van der Waals surface area contributed by atoms with E-state index in [1.54, 1.807) is 32.3 Å². The largest absolute Gasteiger partial charge is 0.416 e. The molecule has 0 aliphatic carbocycles. The monoisotopic (exact) mass is 437 g/mol. The van der Waals surface area contributed by atoms with Crippen molar-refractivity contribution < 1.29 is 27.6 Å². The van der Waals surface area contributed by atoms with Crippen molar-refractivity contribution in [1.82, 2.24) is 4.90 Å². The van der Waals surface area contributed by atoms with Gasteiger partial charge in [-0.2, -0.15) is 13.2 Å². The molecule has 3 rings (SSSR count). The number of nitrogens with one attached hydrogen (secondary N) is 1. The number of rotatable bonds is 4. The molecule has 30 heavy (non-hydrogen) atoms. The number of fused-ring (bicyclic) bond motifs is 1. The summed E-state index contributed by atoms with van der Waals surface area (Å²) in [7, 11) is 3.20. The van der Waals surface area contributed by atoms with Crippen LogP contribution in [-0.2, 0) is 15.8 Å². The van der Waals surface area contributed by atoms with Crippen LogP contribution in [0.4, 0.5) is 24.5 Å². The van der Waals surface area contributed by atoms with E-state index in [4.69, 9.17) is 0 Å². The van der Waals surface area contributed by atoms with E-state index in [-0.39, 0.29) is 29.8 Å². The van der Waals surface area contributed by atoms with Crippen molar-refractivity contribution in [2.75, 3.05) is 36.6 Å². The van der Waals surface area contributed by atoms with Gasteiger partial charge in [-0.1, -0.05) is 6.07 Å². The van der Waals surface area contributed by atoms with Gasteiger partial charge in [0, 0.05) is 30.2 Å². The summed E-state index contributed by atoms with van der Waals surface area (Å²) in [6.45, 7) is -0.387. The third-order valence-corrected chi connectivity index (χ3v) is 5.38. The number of halogens is 3. The van der Waals surface area contributed by atoms with Crippen LogP contribution in [-0.4, -0.2) is 49.0 Å². The summed E-state index contributed by atoms with van der Waals surface area (Å²) >= 11 is 1.29. The zero-order chi connectivity index (χ0) is 22.1. The van der Waals surface area contributed by atoms with Crippen LogP contribution in [0.15, 0.2) is 47.4 Å². The van der Waals surface area contributed by atoms with Gasteiger partial charge in [0.25, 0.3) is 5.91 Å². The molecule has 10 heteroatoms.